The van der Waals surface area contributed by atoms with Crippen LogP contribution in [0.3, 0.4) is 0 Å². The molecule has 0 aliphatic heterocycles. The van der Waals surface area contributed by atoms with E-state index in [1.54, 1.807) is 0 Å². The number of rotatable bonds is 5. The van der Waals surface area contributed by atoms with Gasteiger partial charge >= 0.3 is 0 Å². The third-order valence-electron chi connectivity index (χ3n) is 3.53. The minimum absolute atomic E-state index is 0.0210. The molecule has 0 unspecified atom stereocenters. The topological polar surface area (TPSA) is 52.5 Å². The molecule has 0 aromatic carbocycles. The Bertz CT molecular complexity index is 213. The molecule has 2 aliphatic carbocycles. The van der Waals surface area contributed by atoms with E-state index in [-0.39, 0.29) is 19.3 Å². The molecule has 0 spiro atoms. The van der Waals surface area contributed by atoms with Crippen LogP contribution in [0.25, 0.3) is 0 Å². The molecule has 0 radical (unpaired) electrons. The van der Waals surface area contributed by atoms with Crippen LogP contribution < -0.4 is 5.32 Å². The fourth-order valence-corrected chi connectivity index (χ4v) is 2.63. The van der Waals surface area contributed by atoms with Crippen LogP contribution >= 0.6 is 0 Å². The number of fused-ring (bicyclic) bond motifs is 2. The summed E-state index contributed by atoms with van der Waals surface area (Å²) in [6.07, 6.45) is 7.25. The molecule has 0 aromatic rings. The summed E-state index contributed by atoms with van der Waals surface area (Å²) in [6, 6.07) is -0.141. The number of hydrogen-bond donors (Lipinski definition) is 3. The molecule has 2 rings (SSSR count). The smallest absolute Gasteiger partial charge is 0.0607 e. The minimum atomic E-state index is -0.141. The van der Waals surface area contributed by atoms with E-state index in [1.165, 1.54) is 12.8 Å². The van der Waals surface area contributed by atoms with Crippen LogP contribution in [-0.4, -0.2) is 36.0 Å². The van der Waals surface area contributed by atoms with Gasteiger partial charge in [-0.3, -0.25) is 0 Å². The Kier molecular flexibility index (Phi) is 3.21. The zero-order chi connectivity index (χ0) is 9.97. The Morgan fingerprint density at radius 2 is 2.00 bits per heavy atom. The van der Waals surface area contributed by atoms with Crippen molar-refractivity contribution >= 4 is 0 Å². The molecule has 1 fully saturated rings. The van der Waals surface area contributed by atoms with Crippen LogP contribution in [0.15, 0.2) is 12.2 Å². The predicted octanol–water partition coefficient (Wildman–Crippen LogP) is 0.141. The summed E-state index contributed by atoms with van der Waals surface area (Å²) in [5.41, 5.74) is 0. The van der Waals surface area contributed by atoms with Gasteiger partial charge in [0, 0.05) is 0 Å². The summed E-state index contributed by atoms with van der Waals surface area (Å²) in [5, 5.41) is 21.0. The lowest BCUT2D eigenvalue weighted by Gasteiger charge is -2.21. The average Bonchev–Trinajstić information content (AvgIpc) is 2.80. The summed E-state index contributed by atoms with van der Waals surface area (Å²) in [4.78, 5) is 0. The van der Waals surface area contributed by atoms with Crippen LogP contribution in [0.4, 0.5) is 0 Å². The lowest BCUT2D eigenvalue weighted by Crippen LogP contribution is -2.39. The molecular formula is C11H19NO2. The van der Waals surface area contributed by atoms with Gasteiger partial charge in [-0.15, -0.1) is 0 Å². The first kappa shape index (κ1) is 10.1. The van der Waals surface area contributed by atoms with Crippen LogP contribution in [0.2, 0.25) is 0 Å². The van der Waals surface area contributed by atoms with E-state index in [0.717, 1.165) is 18.4 Å². The molecule has 3 N–H and O–H groups in total. The summed E-state index contributed by atoms with van der Waals surface area (Å²) >= 11 is 0. The van der Waals surface area contributed by atoms with Crippen molar-refractivity contribution in [2.45, 2.75) is 18.9 Å². The normalized spacial score (nSPS) is 34.6. The van der Waals surface area contributed by atoms with Gasteiger partial charge in [0.2, 0.25) is 0 Å². The first-order valence-corrected chi connectivity index (χ1v) is 5.47. The predicted molar refractivity (Wildman–Crippen MR) is 54.8 cm³/mol. The van der Waals surface area contributed by atoms with E-state index < -0.39 is 0 Å². The van der Waals surface area contributed by atoms with Gasteiger partial charge in [-0.2, -0.15) is 0 Å². The van der Waals surface area contributed by atoms with Crippen molar-refractivity contribution in [3.05, 3.63) is 12.2 Å². The molecule has 3 heteroatoms. The van der Waals surface area contributed by atoms with Gasteiger partial charge in [0.15, 0.2) is 0 Å². The first-order valence-electron chi connectivity index (χ1n) is 5.47. The zero-order valence-electron chi connectivity index (χ0n) is 8.39. The Morgan fingerprint density at radius 1 is 1.21 bits per heavy atom. The maximum atomic E-state index is 8.90. The van der Waals surface area contributed by atoms with Gasteiger partial charge in [0.05, 0.1) is 19.3 Å². The van der Waals surface area contributed by atoms with E-state index >= 15 is 0 Å². The minimum Gasteiger partial charge on any atom is -0.395 e. The second kappa shape index (κ2) is 4.43. The Balaban J connectivity index is 1.74. The second-order valence-electron chi connectivity index (χ2n) is 4.51. The number of hydrogen-bond acceptors (Lipinski definition) is 3. The van der Waals surface area contributed by atoms with Crippen molar-refractivity contribution in [2.75, 3.05) is 19.8 Å². The molecular weight excluding hydrogens is 178 g/mol. The Hall–Kier alpha value is -0.380. The monoisotopic (exact) mass is 197 g/mol. The van der Waals surface area contributed by atoms with Gasteiger partial charge in [-0.05, 0) is 37.1 Å². The van der Waals surface area contributed by atoms with Crippen molar-refractivity contribution in [1.29, 1.82) is 0 Å². The summed E-state index contributed by atoms with van der Waals surface area (Å²) in [7, 11) is 0. The van der Waals surface area contributed by atoms with Crippen LogP contribution in [0, 0.1) is 17.8 Å². The van der Waals surface area contributed by atoms with Crippen molar-refractivity contribution in [3.8, 4) is 0 Å². The summed E-state index contributed by atoms with van der Waals surface area (Å²) < 4.78 is 0. The SMILES string of the molecule is OCC(CO)NC[C@H]1C[C@H]2C=C[C@@H]1C2. The van der Waals surface area contributed by atoms with Crippen molar-refractivity contribution in [3.63, 3.8) is 0 Å². The Labute approximate surface area is 84.8 Å². The highest BCUT2D eigenvalue weighted by Gasteiger charge is 2.35. The average molecular weight is 197 g/mol. The molecule has 3 atom stereocenters. The molecule has 2 aliphatic rings. The largest absolute Gasteiger partial charge is 0.395 e. The molecule has 0 amide bonds. The molecule has 0 heterocycles. The standard InChI is InChI=1S/C11H19NO2/c13-6-11(7-14)12-5-10-4-8-1-2-9(10)3-8/h1-2,8-14H,3-7H2/t8-,9+,10+/m0/s1. The highest BCUT2D eigenvalue weighted by Crippen LogP contribution is 2.42. The number of aliphatic hydroxyl groups is 2. The summed E-state index contributed by atoms with van der Waals surface area (Å²) in [6.45, 7) is 0.970. The van der Waals surface area contributed by atoms with E-state index in [0.29, 0.717) is 5.92 Å². The molecule has 1 saturated carbocycles. The van der Waals surface area contributed by atoms with Crippen molar-refractivity contribution < 1.29 is 10.2 Å². The lowest BCUT2D eigenvalue weighted by molar-refractivity contribution is 0.165. The molecule has 0 aromatic heterocycles. The third-order valence-corrected chi connectivity index (χ3v) is 3.53. The first-order chi connectivity index (χ1) is 6.83. The molecule has 3 nitrogen and oxygen atoms in total. The fourth-order valence-electron chi connectivity index (χ4n) is 2.63. The molecule has 80 valence electrons. The number of nitrogens with one attached hydrogen (secondary N) is 1. The maximum Gasteiger partial charge on any atom is 0.0607 e. The molecule has 0 saturated heterocycles. The lowest BCUT2D eigenvalue weighted by atomic mass is 9.93. The van der Waals surface area contributed by atoms with Gasteiger partial charge < -0.3 is 15.5 Å². The van der Waals surface area contributed by atoms with Crippen molar-refractivity contribution in [2.24, 2.45) is 17.8 Å². The van der Waals surface area contributed by atoms with Gasteiger partial charge in [-0.25, -0.2) is 0 Å². The second-order valence-corrected chi connectivity index (χ2v) is 4.51. The zero-order valence-corrected chi connectivity index (χ0v) is 8.39. The van der Waals surface area contributed by atoms with Crippen molar-refractivity contribution in [1.82, 2.24) is 5.32 Å². The van der Waals surface area contributed by atoms with E-state index in [9.17, 15) is 0 Å². The highest BCUT2D eigenvalue weighted by molar-refractivity contribution is 5.10. The fraction of sp³-hybridized carbons (Fsp3) is 0.818. The quantitative estimate of drug-likeness (QED) is 0.550. The van der Waals surface area contributed by atoms with E-state index in [2.05, 4.69) is 17.5 Å². The van der Waals surface area contributed by atoms with Crippen LogP contribution in [0.1, 0.15) is 12.8 Å². The van der Waals surface area contributed by atoms with Gasteiger partial charge in [0.25, 0.3) is 0 Å². The van der Waals surface area contributed by atoms with Crippen LogP contribution in [0.5, 0.6) is 0 Å². The molecule has 2 bridgehead atoms. The molecule has 14 heavy (non-hydrogen) atoms. The van der Waals surface area contributed by atoms with Gasteiger partial charge in [0.1, 0.15) is 0 Å². The van der Waals surface area contributed by atoms with Gasteiger partial charge in [-0.1, -0.05) is 12.2 Å². The number of allylic oxidation sites excluding steroid dienone is 2. The third kappa shape index (κ3) is 2.00. The van der Waals surface area contributed by atoms with E-state index in [1.807, 2.05) is 0 Å². The van der Waals surface area contributed by atoms with E-state index in [4.69, 9.17) is 10.2 Å². The van der Waals surface area contributed by atoms with Crippen LogP contribution in [-0.2, 0) is 0 Å². The number of aliphatic hydroxyl groups excluding tert-OH is 2. The highest BCUT2D eigenvalue weighted by atomic mass is 16.3. The maximum absolute atomic E-state index is 8.90. The summed E-state index contributed by atoms with van der Waals surface area (Å²) in [5.74, 6) is 2.25. The Morgan fingerprint density at radius 3 is 2.50 bits per heavy atom.